The van der Waals surface area contributed by atoms with Crippen LogP contribution in [-0.2, 0) is 14.6 Å². The first-order valence-corrected chi connectivity index (χ1v) is 9.66. The summed E-state index contributed by atoms with van der Waals surface area (Å²) in [6.45, 7) is 4.27. The lowest BCUT2D eigenvalue weighted by molar-refractivity contribution is -0.133. The summed E-state index contributed by atoms with van der Waals surface area (Å²) < 4.78 is 22.4. The lowest BCUT2D eigenvalue weighted by atomic mass is 9.92. The van der Waals surface area contributed by atoms with Crippen LogP contribution in [0.4, 0.5) is 0 Å². The molecule has 22 heavy (non-hydrogen) atoms. The zero-order valence-corrected chi connectivity index (χ0v) is 14.4. The number of sulfone groups is 1. The first-order chi connectivity index (χ1) is 10.2. The van der Waals surface area contributed by atoms with Gasteiger partial charge in [-0.2, -0.15) is 0 Å². The minimum absolute atomic E-state index is 0.274. The zero-order chi connectivity index (χ0) is 16.4. The largest absolute Gasteiger partial charge is 0.341 e. The third kappa shape index (κ3) is 3.51. The second-order valence-corrected chi connectivity index (χ2v) is 9.18. The summed E-state index contributed by atoms with van der Waals surface area (Å²) >= 11 is 0. The van der Waals surface area contributed by atoms with E-state index >= 15 is 0 Å². The summed E-state index contributed by atoms with van der Waals surface area (Å²) in [6.07, 6.45) is 3.96. The van der Waals surface area contributed by atoms with E-state index < -0.39 is 14.6 Å². The van der Waals surface area contributed by atoms with Gasteiger partial charge >= 0.3 is 0 Å². The molecule has 1 aromatic rings. The molecule has 1 saturated heterocycles. The molecule has 122 valence electrons. The second-order valence-electron chi connectivity index (χ2n) is 6.61. The number of likely N-dealkylation sites (tertiary alicyclic amines) is 1. The molecule has 1 heterocycles. The molecule has 1 amide bonds. The van der Waals surface area contributed by atoms with Gasteiger partial charge < -0.3 is 4.90 Å². The number of hydrogen-bond donors (Lipinski definition) is 0. The molecule has 0 bridgehead atoms. The molecular weight excluding hydrogens is 298 g/mol. The van der Waals surface area contributed by atoms with E-state index in [-0.39, 0.29) is 5.91 Å². The lowest BCUT2D eigenvalue weighted by Crippen LogP contribution is -2.50. The maximum Gasteiger partial charge on any atom is 0.243 e. The van der Waals surface area contributed by atoms with Crippen LogP contribution >= 0.6 is 0 Å². The summed E-state index contributed by atoms with van der Waals surface area (Å²) in [5.74, 6) is 0.170. The van der Waals surface area contributed by atoms with Gasteiger partial charge in [-0.1, -0.05) is 30.3 Å². The fraction of sp³-hybridized carbons (Fsp3) is 0.588. The maximum atomic E-state index is 12.6. The molecule has 1 unspecified atom stereocenters. The molecule has 1 aromatic carbocycles. The maximum absolute atomic E-state index is 12.6. The minimum atomic E-state index is -3.42. The summed E-state index contributed by atoms with van der Waals surface area (Å²) in [5, 5.41) is 0. The molecule has 5 heteroatoms. The van der Waals surface area contributed by atoms with Crippen molar-refractivity contribution in [3.63, 3.8) is 0 Å². The van der Waals surface area contributed by atoms with Crippen LogP contribution in [0.5, 0.6) is 0 Å². The Morgan fingerprint density at radius 2 is 1.77 bits per heavy atom. The summed E-state index contributed by atoms with van der Waals surface area (Å²) in [6, 6.07) is 10.3. The molecule has 1 aliphatic heterocycles. The van der Waals surface area contributed by atoms with Crippen molar-refractivity contribution in [3.05, 3.63) is 35.9 Å². The first kappa shape index (κ1) is 17.0. The first-order valence-electron chi connectivity index (χ1n) is 7.77. The standard InChI is InChI=1S/C17H25NO3S/c1-17(2,22(3,20)21)16(19)18-12-7-10-15(11-13-18)14-8-5-4-6-9-14/h4-6,8-9,15H,7,10-13H2,1-3H3. The molecule has 0 radical (unpaired) electrons. The number of hydrogen-bond acceptors (Lipinski definition) is 3. The smallest absolute Gasteiger partial charge is 0.243 e. The molecule has 1 fully saturated rings. The van der Waals surface area contributed by atoms with Crippen molar-refractivity contribution < 1.29 is 13.2 Å². The third-order valence-electron chi connectivity index (χ3n) is 4.73. The molecule has 2 rings (SSSR count). The van der Waals surface area contributed by atoms with E-state index in [9.17, 15) is 13.2 Å². The Labute approximate surface area is 133 Å². The van der Waals surface area contributed by atoms with E-state index in [0.717, 1.165) is 25.5 Å². The van der Waals surface area contributed by atoms with Crippen LogP contribution in [0.15, 0.2) is 30.3 Å². The number of nitrogens with zero attached hydrogens (tertiary/aromatic N) is 1. The highest BCUT2D eigenvalue weighted by molar-refractivity contribution is 7.92. The van der Waals surface area contributed by atoms with Gasteiger partial charge in [-0.3, -0.25) is 4.79 Å². The van der Waals surface area contributed by atoms with Crippen LogP contribution in [-0.4, -0.2) is 43.3 Å². The number of carbonyl (C=O) groups is 1. The van der Waals surface area contributed by atoms with E-state index in [1.807, 2.05) is 18.2 Å². The molecule has 0 aromatic heterocycles. The molecule has 0 N–H and O–H groups in total. The van der Waals surface area contributed by atoms with Crippen molar-refractivity contribution in [3.8, 4) is 0 Å². The molecule has 1 atom stereocenters. The highest BCUT2D eigenvalue weighted by Crippen LogP contribution is 2.29. The fourth-order valence-corrected chi connectivity index (χ4v) is 3.34. The van der Waals surface area contributed by atoms with Gasteiger partial charge in [0, 0.05) is 19.3 Å². The van der Waals surface area contributed by atoms with E-state index in [2.05, 4.69) is 12.1 Å². The van der Waals surface area contributed by atoms with E-state index in [1.54, 1.807) is 4.90 Å². The second kappa shape index (κ2) is 6.41. The topological polar surface area (TPSA) is 54.5 Å². The van der Waals surface area contributed by atoms with Gasteiger partial charge in [0.15, 0.2) is 9.84 Å². The minimum Gasteiger partial charge on any atom is -0.341 e. The number of benzene rings is 1. The Balaban J connectivity index is 2.09. The Bertz CT molecular complexity index is 623. The normalized spacial score (nSPS) is 20.5. The van der Waals surface area contributed by atoms with Crippen LogP contribution in [0.3, 0.4) is 0 Å². The van der Waals surface area contributed by atoms with Gasteiger partial charge in [0.2, 0.25) is 5.91 Å². The predicted molar refractivity (Wildman–Crippen MR) is 88.5 cm³/mol. The molecule has 0 saturated carbocycles. The summed E-state index contributed by atoms with van der Waals surface area (Å²) in [7, 11) is -3.42. The quantitative estimate of drug-likeness (QED) is 0.859. The van der Waals surface area contributed by atoms with Gasteiger partial charge in [-0.15, -0.1) is 0 Å². The Morgan fingerprint density at radius 1 is 1.14 bits per heavy atom. The summed E-state index contributed by atoms with van der Waals surface area (Å²) in [5.41, 5.74) is 1.30. The van der Waals surface area contributed by atoms with Crippen LogP contribution in [0.1, 0.15) is 44.6 Å². The van der Waals surface area contributed by atoms with Crippen molar-refractivity contribution in [1.82, 2.24) is 4.90 Å². The van der Waals surface area contributed by atoms with Gasteiger partial charge in [-0.25, -0.2) is 8.42 Å². The van der Waals surface area contributed by atoms with E-state index in [4.69, 9.17) is 0 Å². The Kier molecular flexibility index (Phi) is 4.95. The van der Waals surface area contributed by atoms with Crippen molar-refractivity contribution in [2.24, 2.45) is 0 Å². The number of carbonyl (C=O) groups excluding carboxylic acids is 1. The molecule has 4 nitrogen and oxygen atoms in total. The predicted octanol–water partition coefficient (Wildman–Crippen LogP) is 2.61. The molecule has 0 spiro atoms. The van der Waals surface area contributed by atoms with Crippen LogP contribution in [0.2, 0.25) is 0 Å². The van der Waals surface area contributed by atoms with Crippen LogP contribution < -0.4 is 0 Å². The Morgan fingerprint density at radius 3 is 2.36 bits per heavy atom. The van der Waals surface area contributed by atoms with Gasteiger partial charge in [0.1, 0.15) is 4.75 Å². The van der Waals surface area contributed by atoms with Gasteiger partial charge in [-0.05, 0) is 44.6 Å². The monoisotopic (exact) mass is 323 g/mol. The van der Waals surface area contributed by atoms with Crippen molar-refractivity contribution >= 4 is 15.7 Å². The SMILES string of the molecule is CC(C)(C(=O)N1CCCC(c2ccccc2)CC1)S(C)(=O)=O. The average molecular weight is 323 g/mol. The lowest BCUT2D eigenvalue weighted by Gasteiger charge is -2.30. The molecule has 0 aliphatic carbocycles. The number of rotatable bonds is 3. The highest BCUT2D eigenvalue weighted by Gasteiger charge is 2.41. The molecule has 1 aliphatic rings. The van der Waals surface area contributed by atoms with Crippen molar-refractivity contribution in [2.45, 2.75) is 43.8 Å². The Hall–Kier alpha value is -1.36. The third-order valence-corrected chi connectivity index (χ3v) is 6.76. The van der Waals surface area contributed by atoms with Crippen molar-refractivity contribution in [2.75, 3.05) is 19.3 Å². The van der Waals surface area contributed by atoms with E-state index in [0.29, 0.717) is 19.0 Å². The van der Waals surface area contributed by atoms with Gasteiger partial charge in [0.25, 0.3) is 0 Å². The summed E-state index contributed by atoms with van der Waals surface area (Å²) in [4.78, 5) is 14.3. The fourth-order valence-electron chi connectivity index (χ4n) is 2.90. The van der Waals surface area contributed by atoms with E-state index in [1.165, 1.54) is 19.4 Å². The van der Waals surface area contributed by atoms with Crippen molar-refractivity contribution in [1.29, 1.82) is 0 Å². The molecular formula is C17H25NO3S. The zero-order valence-electron chi connectivity index (χ0n) is 13.6. The van der Waals surface area contributed by atoms with Crippen LogP contribution in [0, 0.1) is 0 Å². The van der Waals surface area contributed by atoms with Gasteiger partial charge in [0.05, 0.1) is 0 Å². The van der Waals surface area contributed by atoms with Crippen LogP contribution in [0.25, 0.3) is 0 Å². The number of amides is 1. The highest BCUT2D eigenvalue weighted by atomic mass is 32.2. The average Bonchev–Trinajstić information content (AvgIpc) is 2.72.